The van der Waals surface area contributed by atoms with Gasteiger partial charge in [0.2, 0.25) is 5.88 Å². The van der Waals surface area contributed by atoms with Gasteiger partial charge in [-0.05, 0) is 12.0 Å². The zero-order valence-electron chi connectivity index (χ0n) is 10.6. The molecule has 1 atom stereocenters. The summed E-state index contributed by atoms with van der Waals surface area (Å²) in [6.45, 7) is 5.03. The molecule has 18 heavy (non-hydrogen) atoms. The van der Waals surface area contributed by atoms with E-state index < -0.39 is 7.15 Å². The largest absolute Gasteiger partial charge is 0.495 e. The number of hydrogen-bond acceptors (Lipinski definition) is 6. The normalized spacial score (nSPS) is 22.5. The zero-order valence-corrected chi connectivity index (χ0v) is 12.4. The maximum atomic E-state index is 5.63. The van der Waals surface area contributed by atoms with Crippen molar-refractivity contribution < 1.29 is 18.3 Å². The second-order valence-corrected chi connectivity index (χ2v) is 7.47. The van der Waals surface area contributed by atoms with Crippen molar-refractivity contribution in [2.45, 2.75) is 20.5 Å². The molecular weight excluding hydrogens is 273 g/mol. The number of ether oxygens (including phenoxy) is 1. The van der Waals surface area contributed by atoms with Crippen LogP contribution in [0.2, 0.25) is 0 Å². The van der Waals surface area contributed by atoms with Gasteiger partial charge >= 0.3 is 7.15 Å². The topological polar surface area (TPSA) is 49.8 Å². The summed E-state index contributed by atoms with van der Waals surface area (Å²) in [4.78, 5) is 4.18. The van der Waals surface area contributed by atoms with Gasteiger partial charge in [-0.3, -0.25) is 4.52 Å². The van der Waals surface area contributed by atoms with Crippen LogP contribution in [0.5, 0.6) is 11.6 Å². The third-order valence-corrected chi connectivity index (χ3v) is 4.56. The molecule has 1 aliphatic heterocycles. The molecular formula is C11H17NO4PS. The van der Waals surface area contributed by atoms with Gasteiger partial charge < -0.3 is 13.8 Å². The number of nitrogens with zero attached hydrogens (tertiary/aromatic N) is 1. The number of aromatic nitrogens is 1. The summed E-state index contributed by atoms with van der Waals surface area (Å²) in [6.07, 6.45) is 1.60. The Labute approximate surface area is 113 Å². The van der Waals surface area contributed by atoms with Crippen molar-refractivity contribution in [1.29, 1.82) is 0 Å². The third-order valence-electron chi connectivity index (χ3n) is 2.29. The fraction of sp³-hybridized carbons (Fsp3) is 0.545. The van der Waals surface area contributed by atoms with Gasteiger partial charge in [0.05, 0.1) is 26.5 Å². The van der Waals surface area contributed by atoms with E-state index in [-0.39, 0.29) is 0 Å². The smallest absolute Gasteiger partial charge is 0.345 e. The molecule has 1 aromatic rings. The van der Waals surface area contributed by atoms with Gasteiger partial charge in [-0.2, -0.15) is 0 Å². The Morgan fingerprint density at radius 2 is 2.33 bits per heavy atom. The first-order valence-corrected chi connectivity index (χ1v) is 8.35. The zero-order chi connectivity index (χ0) is 13.2. The van der Waals surface area contributed by atoms with E-state index in [4.69, 9.17) is 18.3 Å². The highest BCUT2D eigenvalue weighted by molar-refractivity contribution is 8.47. The van der Waals surface area contributed by atoms with Crippen LogP contribution in [0.3, 0.4) is 0 Å². The van der Waals surface area contributed by atoms with Crippen LogP contribution >= 0.6 is 19.4 Å². The first-order valence-electron chi connectivity index (χ1n) is 5.66. The van der Waals surface area contributed by atoms with Gasteiger partial charge in [0.15, 0.2) is 0 Å². The van der Waals surface area contributed by atoms with Crippen LogP contribution in [-0.2, 0) is 15.7 Å². The Kier molecular flexibility index (Phi) is 4.33. The van der Waals surface area contributed by atoms with Crippen molar-refractivity contribution in [2.75, 3.05) is 13.7 Å². The summed E-state index contributed by atoms with van der Waals surface area (Å²) >= 11 is 4.37. The van der Waals surface area contributed by atoms with Crippen molar-refractivity contribution in [3.05, 3.63) is 17.8 Å². The molecule has 0 bridgehead atoms. The van der Waals surface area contributed by atoms with Crippen LogP contribution in [0, 0.1) is 5.92 Å². The lowest BCUT2D eigenvalue weighted by molar-refractivity contribution is 0.159. The average molecular weight is 290 g/mol. The van der Waals surface area contributed by atoms with Crippen LogP contribution in [0.1, 0.15) is 19.4 Å². The van der Waals surface area contributed by atoms with Crippen LogP contribution in [0.4, 0.5) is 0 Å². The summed E-state index contributed by atoms with van der Waals surface area (Å²) in [6, 6.07) is 1.84. The van der Waals surface area contributed by atoms with Gasteiger partial charge in [-0.15, -0.1) is 0 Å². The Hall–Kier alpha value is -0.550. The first-order chi connectivity index (χ1) is 8.52. The van der Waals surface area contributed by atoms with Crippen LogP contribution < -0.4 is 9.26 Å². The molecule has 0 fully saturated rings. The highest BCUT2D eigenvalue weighted by Gasteiger charge is 2.35. The quantitative estimate of drug-likeness (QED) is 0.681. The van der Waals surface area contributed by atoms with Crippen molar-refractivity contribution in [1.82, 2.24) is 4.98 Å². The molecule has 0 N–H and O–H groups in total. The first kappa shape index (κ1) is 13.9. The van der Waals surface area contributed by atoms with Crippen molar-refractivity contribution in [3.63, 3.8) is 0 Å². The molecule has 0 amide bonds. The van der Waals surface area contributed by atoms with E-state index in [9.17, 15) is 0 Å². The Morgan fingerprint density at radius 3 is 3.00 bits per heavy atom. The predicted molar refractivity (Wildman–Crippen MR) is 72.9 cm³/mol. The number of fused-ring (bicyclic) bond motifs is 1. The molecule has 2 heterocycles. The summed E-state index contributed by atoms with van der Waals surface area (Å²) in [7, 11) is -0.989. The van der Waals surface area contributed by atoms with Gasteiger partial charge in [-0.1, -0.05) is 26.1 Å². The Balaban J connectivity index is 2.09. The molecule has 0 saturated carbocycles. The minimum absolute atomic E-state index is 0.370. The van der Waals surface area contributed by atoms with Gasteiger partial charge in [0.25, 0.3) is 0 Å². The minimum Gasteiger partial charge on any atom is -0.495 e. The average Bonchev–Trinajstić information content (AvgIpc) is 2.36. The van der Waals surface area contributed by atoms with Crippen LogP contribution in [0.25, 0.3) is 0 Å². The molecule has 1 unspecified atom stereocenters. The fourth-order valence-corrected chi connectivity index (χ4v) is 3.32. The molecule has 2 rings (SSSR count). The molecule has 0 aromatic carbocycles. The van der Waals surface area contributed by atoms with E-state index in [1.54, 1.807) is 13.3 Å². The molecule has 1 radical (unpaired) electrons. The number of methoxy groups -OCH3 is 1. The SMILES string of the molecule is COc1cnc2c(c1)CO[P](S)(OCC(C)C)O2. The van der Waals surface area contributed by atoms with E-state index >= 15 is 0 Å². The standard InChI is InChI=1S/C11H17NO4PS/c1-8(2)6-14-17(18)15-7-9-4-10(13-3)5-12-11(9)16-17/h4-5,8,18H,6-7H2,1-3H3. The second-order valence-electron chi connectivity index (χ2n) is 4.36. The number of hydrogen-bond donors (Lipinski definition) is 1. The van der Waals surface area contributed by atoms with E-state index in [0.717, 1.165) is 5.56 Å². The third kappa shape index (κ3) is 3.26. The number of thiol groups is 1. The molecule has 0 saturated heterocycles. The molecule has 0 aliphatic carbocycles. The molecule has 1 aromatic heterocycles. The van der Waals surface area contributed by atoms with E-state index in [2.05, 4.69) is 31.1 Å². The van der Waals surface area contributed by atoms with Crippen molar-refractivity contribution in [3.8, 4) is 11.6 Å². The van der Waals surface area contributed by atoms with Crippen molar-refractivity contribution >= 4 is 19.4 Å². The highest BCUT2D eigenvalue weighted by Crippen LogP contribution is 2.68. The summed E-state index contributed by atoms with van der Waals surface area (Å²) < 4.78 is 21.9. The van der Waals surface area contributed by atoms with E-state index in [1.807, 2.05) is 6.07 Å². The van der Waals surface area contributed by atoms with Crippen LogP contribution in [0.15, 0.2) is 12.3 Å². The highest BCUT2D eigenvalue weighted by atomic mass is 32.7. The van der Waals surface area contributed by atoms with E-state index in [1.165, 1.54) is 0 Å². The van der Waals surface area contributed by atoms with Gasteiger partial charge in [0.1, 0.15) is 5.75 Å². The van der Waals surface area contributed by atoms with Crippen LogP contribution in [-0.4, -0.2) is 18.7 Å². The molecule has 1 aliphatic rings. The second kappa shape index (κ2) is 5.61. The fourth-order valence-electron chi connectivity index (χ4n) is 1.37. The minimum atomic E-state index is -2.58. The number of pyridine rings is 1. The summed E-state index contributed by atoms with van der Waals surface area (Å²) in [5.74, 6) is 1.58. The summed E-state index contributed by atoms with van der Waals surface area (Å²) in [5.41, 5.74) is 0.840. The molecule has 7 heteroatoms. The Morgan fingerprint density at radius 1 is 1.56 bits per heavy atom. The molecule has 101 valence electrons. The Bertz CT molecular complexity index is 432. The van der Waals surface area contributed by atoms with E-state index in [0.29, 0.717) is 30.8 Å². The lowest BCUT2D eigenvalue weighted by Crippen LogP contribution is -2.14. The molecule has 5 nitrogen and oxygen atoms in total. The molecule has 0 spiro atoms. The lowest BCUT2D eigenvalue weighted by Gasteiger charge is -2.33. The maximum absolute atomic E-state index is 5.63. The monoisotopic (exact) mass is 290 g/mol. The lowest BCUT2D eigenvalue weighted by atomic mass is 10.2. The summed E-state index contributed by atoms with van der Waals surface area (Å²) in [5, 5.41) is 0. The van der Waals surface area contributed by atoms with Crippen molar-refractivity contribution in [2.24, 2.45) is 5.92 Å². The maximum Gasteiger partial charge on any atom is 0.345 e. The van der Waals surface area contributed by atoms with Gasteiger partial charge in [-0.25, -0.2) is 4.98 Å². The number of rotatable bonds is 4. The van der Waals surface area contributed by atoms with Gasteiger partial charge in [0, 0.05) is 5.56 Å². The predicted octanol–water partition coefficient (Wildman–Crippen LogP) is 3.28.